The highest BCUT2D eigenvalue weighted by molar-refractivity contribution is 7.12. The lowest BCUT2D eigenvalue weighted by Crippen LogP contribution is -2.42. The zero-order valence-electron chi connectivity index (χ0n) is 8.90. The number of hydrogen-bond acceptors (Lipinski definition) is 4. The molecular formula is C10H14N2O3S. The van der Waals surface area contributed by atoms with Crippen LogP contribution in [0.1, 0.15) is 16.6 Å². The van der Waals surface area contributed by atoms with Crippen molar-refractivity contribution in [3.63, 3.8) is 0 Å². The van der Waals surface area contributed by atoms with Crippen molar-refractivity contribution in [2.24, 2.45) is 0 Å². The van der Waals surface area contributed by atoms with Crippen molar-refractivity contribution in [2.45, 2.75) is 13.0 Å². The van der Waals surface area contributed by atoms with E-state index in [1.165, 1.54) is 11.3 Å². The molecule has 6 heteroatoms. The second-order valence-corrected chi connectivity index (χ2v) is 4.26. The van der Waals surface area contributed by atoms with E-state index in [0.717, 1.165) is 0 Å². The van der Waals surface area contributed by atoms with Crippen molar-refractivity contribution in [3.8, 4) is 0 Å². The first kappa shape index (κ1) is 12.7. The van der Waals surface area contributed by atoms with Crippen LogP contribution >= 0.6 is 11.3 Å². The van der Waals surface area contributed by atoms with E-state index in [4.69, 9.17) is 5.11 Å². The van der Waals surface area contributed by atoms with Gasteiger partial charge in [0.15, 0.2) is 0 Å². The third-order valence-electron chi connectivity index (χ3n) is 1.84. The van der Waals surface area contributed by atoms with Crippen LogP contribution in [0.15, 0.2) is 17.5 Å². The Bertz CT molecular complexity index is 351. The lowest BCUT2D eigenvalue weighted by Gasteiger charge is -2.10. The molecule has 0 spiro atoms. The third-order valence-corrected chi connectivity index (χ3v) is 2.70. The summed E-state index contributed by atoms with van der Waals surface area (Å²) in [5.74, 6) is -0.576. The van der Waals surface area contributed by atoms with Crippen molar-refractivity contribution in [1.29, 1.82) is 0 Å². The number of aliphatic hydroxyl groups is 1. The molecule has 1 atom stereocenters. The van der Waals surface area contributed by atoms with Crippen LogP contribution in [0, 0.1) is 0 Å². The molecule has 0 aliphatic rings. The molecule has 5 nitrogen and oxygen atoms in total. The molecule has 88 valence electrons. The molecule has 0 aliphatic heterocycles. The quantitative estimate of drug-likeness (QED) is 0.678. The Morgan fingerprint density at radius 2 is 2.31 bits per heavy atom. The molecule has 1 aromatic heterocycles. The first-order valence-corrected chi connectivity index (χ1v) is 5.73. The number of carbonyl (C=O) groups excluding carboxylic acids is 2. The van der Waals surface area contributed by atoms with Crippen molar-refractivity contribution in [3.05, 3.63) is 22.4 Å². The van der Waals surface area contributed by atoms with E-state index >= 15 is 0 Å². The molecule has 0 radical (unpaired) electrons. The molecular weight excluding hydrogens is 228 g/mol. The van der Waals surface area contributed by atoms with Gasteiger partial charge in [0, 0.05) is 6.04 Å². The van der Waals surface area contributed by atoms with Crippen molar-refractivity contribution in [2.75, 3.05) is 13.2 Å². The largest absolute Gasteiger partial charge is 0.394 e. The van der Waals surface area contributed by atoms with Gasteiger partial charge < -0.3 is 15.7 Å². The molecule has 1 aromatic rings. The second-order valence-electron chi connectivity index (χ2n) is 3.31. The summed E-state index contributed by atoms with van der Waals surface area (Å²) in [4.78, 5) is 23.3. The summed E-state index contributed by atoms with van der Waals surface area (Å²) in [5, 5.41) is 15.5. The van der Waals surface area contributed by atoms with Crippen molar-refractivity contribution >= 4 is 23.2 Å². The summed E-state index contributed by atoms with van der Waals surface area (Å²) in [7, 11) is 0. The molecule has 2 amide bonds. The molecule has 0 aromatic carbocycles. The first-order chi connectivity index (χ1) is 7.63. The Morgan fingerprint density at radius 1 is 1.56 bits per heavy atom. The number of nitrogens with one attached hydrogen (secondary N) is 2. The van der Waals surface area contributed by atoms with Crippen LogP contribution in [0.4, 0.5) is 0 Å². The van der Waals surface area contributed by atoms with Gasteiger partial charge in [0.1, 0.15) is 0 Å². The average Bonchev–Trinajstić information content (AvgIpc) is 2.79. The van der Waals surface area contributed by atoms with Crippen LogP contribution < -0.4 is 10.6 Å². The van der Waals surface area contributed by atoms with Gasteiger partial charge in [-0.05, 0) is 18.4 Å². The van der Waals surface area contributed by atoms with Gasteiger partial charge in [-0.15, -0.1) is 11.3 Å². The smallest absolute Gasteiger partial charge is 0.261 e. The predicted octanol–water partition coefficient (Wildman–Crippen LogP) is -0.0251. The maximum absolute atomic E-state index is 11.4. The van der Waals surface area contributed by atoms with Gasteiger partial charge in [-0.1, -0.05) is 6.07 Å². The highest BCUT2D eigenvalue weighted by Crippen LogP contribution is 2.07. The average molecular weight is 242 g/mol. The van der Waals surface area contributed by atoms with Gasteiger partial charge in [-0.3, -0.25) is 9.59 Å². The number of hydrogen-bond donors (Lipinski definition) is 3. The van der Waals surface area contributed by atoms with E-state index in [1.807, 2.05) is 0 Å². The van der Waals surface area contributed by atoms with E-state index in [2.05, 4.69) is 10.6 Å². The molecule has 1 heterocycles. The predicted molar refractivity (Wildman–Crippen MR) is 61.3 cm³/mol. The highest BCUT2D eigenvalue weighted by Gasteiger charge is 2.09. The molecule has 3 N–H and O–H groups in total. The minimum Gasteiger partial charge on any atom is -0.394 e. The normalized spacial score (nSPS) is 11.9. The van der Waals surface area contributed by atoms with Gasteiger partial charge in [0.2, 0.25) is 5.91 Å². The third kappa shape index (κ3) is 4.00. The Morgan fingerprint density at radius 3 is 2.88 bits per heavy atom. The van der Waals surface area contributed by atoms with Crippen LogP contribution in [0.25, 0.3) is 0 Å². The summed E-state index contributed by atoms with van der Waals surface area (Å²) in [6, 6.07) is 3.16. The highest BCUT2D eigenvalue weighted by atomic mass is 32.1. The maximum Gasteiger partial charge on any atom is 0.261 e. The zero-order valence-corrected chi connectivity index (χ0v) is 9.71. The van der Waals surface area contributed by atoms with Crippen molar-refractivity contribution in [1.82, 2.24) is 10.6 Å². The molecule has 0 bridgehead atoms. The summed E-state index contributed by atoms with van der Waals surface area (Å²) in [5.41, 5.74) is 0. The van der Waals surface area contributed by atoms with E-state index in [9.17, 15) is 9.59 Å². The summed E-state index contributed by atoms with van der Waals surface area (Å²) >= 11 is 1.32. The molecule has 0 aliphatic carbocycles. The fraction of sp³-hybridized carbons (Fsp3) is 0.400. The van der Waals surface area contributed by atoms with Crippen LogP contribution in [-0.4, -0.2) is 36.1 Å². The van der Waals surface area contributed by atoms with Gasteiger partial charge in [0.25, 0.3) is 5.91 Å². The molecule has 16 heavy (non-hydrogen) atoms. The number of aliphatic hydroxyl groups excluding tert-OH is 1. The molecule has 1 unspecified atom stereocenters. The molecule has 0 saturated carbocycles. The van der Waals surface area contributed by atoms with E-state index in [1.54, 1.807) is 24.4 Å². The van der Waals surface area contributed by atoms with Gasteiger partial charge >= 0.3 is 0 Å². The maximum atomic E-state index is 11.4. The van der Waals surface area contributed by atoms with Crippen LogP contribution in [-0.2, 0) is 4.79 Å². The first-order valence-electron chi connectivity index (χ1n) is 4.85. The van der Waals surface area contributed by atoms with Gasteiger partial charge in [-0.25, -0.2) is 0 Å². The molecule has 1 rings (SSSR count). The van der Waals surface area contributed by atoms with E-state index < -0.39 is 0 Å². The number of carbonyl (C=O) groups is 2. The monoisotopic (exact) mass is 242 g/mol. The minimum absolute atomic E-state index is 0.0823. The van der Waals surface area contributed by atoms with E-state index in [0.29, 0.717) is 4.88 Å². The second kappa shape index (κ2) is 6.24. The van der Waals surface area contributed by atoms with Crippen LogP contribution in [0.2, 0.25) is 0 Å². The summed E-state index contributed by atoms with van der Waals surface area (Å²) in [6.45, 7) is 1.48. The Labute approximate surface area is 97.5 Å². The Hall–Kier alpha value is -1.40. The Balaban J connectivity index is 2.29. The fourth-order valence-electron chi connectivity index (χ4n) is 1.03. The zero-order chi connectivity index (χ0) is 12.0. The number of amides is 2. The molecule has 0 fully saturated rings. The fourth-order valence-corrected chi connectivity index (χ4v) is 1.67. The van der Waals surface area contributed by atoms with Crippen molar-refractivity contribution < 1.29 is 14.7 Å². The van der Waals surface area contributed by atoms with Crippen LogP contribution in [0.3, 0.4) is 0 Å². The van der Waals surface area contributed by atoms with Crippen LogP contribution in [0.5, 0.6) is 0 Å². The number of thiophene rings is 1. The lowest BCUT2D eigenvalue weighted by molar-refractivity contribution is -0.121. The lowest BCUT2D eigenvalue weighted by atomic mass is 10.3. The standard InChI is InChI=1S/C10H14N2O3S/c1-7(6-13)12-9(14)5-11-10(15)8-3-2-4-16-8/h2-4,7,13H,5-6H2,1H3,(H,11,15)(H,12,14). The Kier molecular flexibility index (Phi) is 4.94. The summed E-state index contributed by atoms with van der Waals surface area (Å²) < 4.78 is 0. The SMILES string of the molecule is CC(CO)NC(=O)CNC(=O)c1cccs1. The van der Waals surface area contributed by atoms with E-state index in [-0.39, 0.29) is 31.0 Å². The minimum atomic E-state index is -0.313. The number of rotatable bonds is 5. The summed E-state index contributed by atoms with van der Waals surface area (Å²) in [6.07, 6.45) is 0. The molecule has 0 saturated heterocycles. The van der Waals surface area contributed by atoms with Gasteiger partial charge in [-0.2, -0.15) is 0 Å². The topological polar surface area (TPSA) is 78.4 Å². The van der Waals surface area contributed by atoms with Gasteiger partial charge in [0.05, 0.1) is 18.0 Å².